The molecular formula is C61H47ClF6N8O2. The van der Waals surface area contributed by atoms with Gasteiger partial charge in [0, 0.05) is 68.4 Å². The van der Waals surface area contributed by atoms with Crippen molar-refractivity contribution in [2.75, 3.05) is 21.7 Å². The molecule has 8 aromatic carbocycles. The Hall–Kier alpha value is -9.67. The van der Waals surface area contributed by atoms with Gasteiger partial charge in [-0.1, -0.05) is 81.2 Å². The lowest BCUT2D eigenvalue weighted by Gasteiger charge is -2.13. The topological polar surface area (TPSA) is 148 Å². The number of amides is 1. The highest BCUT2D eigenvalue weighted by Gasteiger charge is 2.31. The molecule has 0 unspecified atom stereocenters. The Morgan fingerprint density at radius 2 is 0.872 bits per heavy atom. The highest BCUT2D eigenvalue weighted by atomic mass is 35.5. The second-order valence-corrected chi connectivity index (χ2v) is 17.3. The summed E-state index contributed by atoms with van der Waals surface area (Å²) in [6.07, 6.45) is -0.0989. The van der Waals surface area contributed by atoms with Gasteiger partial charge < -0.3 is 21.7 Å². The smallest absolute Gasteiger partial charge is 0.399 e. The summed E-state index contributed by atoms with van der Waals surface area (Å²) in [7, 11) is 0. The first-order valence-electron chi connectivity index (χ1n) is 23.2. The number of nitrogens with one attached hydrogen (secondary N) is 3. The number of benzene rings is 8. The standard InChI is InChI=1S/C30H21F3N4O.C27H19F3N4.C3H3ClO.CH4/c1-2-28(38)37-25-10-4-7-20(14-25)27-15-21(12-22-17-34-18-35-29(22)27)19-6-3-9-24(13-19)36-26-11-5-8-23(16-26)30(31,32)33;28-27(29,30)21-6-3-9-24(14-21)34-23-8-2-4-17(12-23)19-10-20-15-32-16-33-26(20)25(13-19)18-5-1-7-22(31)11-18;1-2-3(4)5;/h2-18,36H,1H2,(H,37,38);1-16,34H,31H2;2H,1H2;1H4. The van der Waals surface area contributed by atoms with Gasteiger partial charge in [0.05, 0.1) is 22.2 Å². The van der Waals surface area contributed by atoms with Crippen molar-refractivity contribution in [3.63, 3.8) is 0 Å². The number of aromatic nitrogens is 4. The molecule has 17 heteroatoms. The second-order valence-electron chi connectivity index (χ2n) is 16.9. The number of nitrogen functional groups attached to an aromatic ring is 1. The fourth-order valence-electron chi connectivity index (χ4n) is 8.08. The van der Waals surface area contributed by atoms with E-state index in [1.165, 1.54) is 30.9 Å². The van der Waals surface area contributed by atoms with Crippen LogP contribution in [0, 0.1) is 0 Å². The molecule has 10 nitrogen and oxygen atoms in total. The van der Waals surface area contributed by atoms with Gasteiger partial charge >= 0.3 is 12.4 Å². The fraction of sp³-hybridized carbons (Fsp3) is 0.0492. The maximum Gasteiger partial charge on any atom is 0.416 e. The van der Waals surface area contributed by atoms with Crippen LogP contribution in [0.3, 0.4) is 0 Å². The van der Waals surface area contributed by atoms with Crippen LogP contribution < -0.4 is 21.7 Å². The van der Waals surface area contributed by atoms with Gasteiger partial charge in [-0.25, -0.2) is 19.9 Å². The second kappa shape index (κ2) is 24.8. The normalized spacial score (nSPS) is 10.9. The number of halogens is 7. The molecule has 0 atom stereocenters. The van der Waals surface area contributed by atoms with Crippen LogP contribution in [0.15, 0.2) is 220 Å². The Morgan fingerprint density at radius 3 is 1.29 bits per heavy atom. The predicted octanol–water partition coefficient (Wildman–Crippen LogP) is 16.7. The number of allylic oxidation sites excluding steroid dienone is 1. The van der Waals surface area contributed by atoms with Crippen molar-refractivity contribution in [3.05, 3.63) is 231 Å². The van der Waals surface area contributed by atoms with E-state index >= 15 is 0 Å². The molecule has 0 radical (unpaired) electrons. The van der Waals surface area contributed by atoms with Crippen molar-refractivity contribution < 1.29 is 35.9 Å². The molecule has 0 aliphatic rings. The minimum atomic E-state index is -4.42. The Kier molecular flexibility index (Phi) is 17.8. The average molecular weight is 1070 g/mol. The number of nitrogens with two attached hydrogens (primary N) is 1. The molecule has 0 aliphatic carbocycles. The van der Waals surface area contributed by atoms with E-state index in [1.807, 2.05) is 109 Å². The average Bonchev–Trinajstić information content (AvgIpc) is 3.42. The number of anilines is 6. The summed E-state index contributed by atoms with van der Waals surface area (Å²) < 4.78 is 78.6. The number of carbonyl (C=O) groups is 2. The molecule has 1 amide bonds. The summed E-state index contributed by atoms with van der Waals surface area (Å²) in [6, 6.07) is 48.1. The molecular weight excluding hydrogens is 1030 g/mol. The molecule has 0 saturated heterocycles. The van der Waals surface area contributed by atoms with E-state index in [9.17, 15) is 35.9 Å². The van der Waals surface area contributed by atoms with E-state index in [2.05, 4.69) is 49.0 Å². The van der Waals surface area contributed by atoms with Crippen molar-refractivity contribution in [1.82, 2.24) is 19.9 Å². The highest BCUT2D eigenvalue weighted by molar-refractivity contribution is 6.66. The zero-order valence-corrected chi connectivity index (χ0v) is 41.1. The van der Waals surface area contributed by atoms with Crippen LogP contribution in [0.2, 0.25) is 0 Å². The van der Waals surface area contributed by atoms with E-state index in [0.29, 0.717) is 34.1 Å². The third-order valence-electron chi connectivity index (χ3n) is 11.5. The Morgan fingerprint density at radius 1 is 0.487 bits per heavy atom. The lowest BCUT2D eigenvalue weighted by Crippen LogP contribution is -2.07. The van der Waals surface area contributed by atoms with Crippen molar-refractivity contribution in [2.45, 2.75) is 19.8 Å². The number of carbonyl (C=O) groups excluding carboxylic acids is 2. The monoisotopic (exact) mass is 1070 g/mol. The van der Waals surface area contributed by atoms with Crippen LogP contribution in [0.4, 0.5) is 60.5 Å². The zero-order chi connectivity index (χ0) is 54.7. The fourth-order valence-corrected chi connectivity index (χ4v) is 8.08. The molecule has 5 N–H and O–H groups in total. The number of alkyl halides is 6. The summed E-state index contributed by atoms with van der Waals surface area (Å²) in [4.78, 5) is 38.5. The summed E-state index contributed by atoms with van der Waals surface area (Å²) in [6.45, 7) is 6.57. The zero-order valence-electron chi connectivity index (χ0n) is 40.4. The molecule has 0 spiro atoms. The molecule has 0 saturated carbocycles. The molecule has 2 heterocycles. The SMILES string of the molecule is C.C=CC(=O)Cl.C=CC(=O)Nc1cccc(-c2cc(-c3cccc(Nc4cccc(C(F)(F)F)c4)c3)cc3cncnc23)c1.Nc1cccc(-c2cc(-c3cccc(Nc4cccc(C(F)(F)F)c4)c3)cc3cncnc23)c1. The van der Waals surface area contributed by atoms with Crippen LogP contribution in [0.1, 0.15) is 18.6 Å². The maximum absolute atomic E-state index is 13.1. The largest absolute Gasteiger partial charge is 0.416 e. The molecule has 10 rings (SSSR count). The van der Waals surface area contributed by atoms with Crippen LogP contribution >= 0.6 is 11.6 Å². The van der Waals surface area contributed by atoms with E-state index in [1.54, 1.807) is 36.7 Å². The van der Waals surface area contributed by atoms with Crippen molar-refractivity contribution in [3.8, 4) is 44.5 Å². The van der Waals surface area contributed by atoms with Crippen LogP contribution in [0.25, 0.3) is 66.3 Å². The molecule has 78 heavy (non-hydrogen) atoms. The predicted molar refractivity (Wildman–Crippen MR) is 301 cm³/mol. The van der Waals surface area contributed by atoms with E-state index in [-0.39, 0.29) is 13.3 Å². The van der Waals surface area contributed by atoms with Crippen molar-refractivity contribution in [2.24, 2.45) is 0 Å². The van der Waals surface area contributed by atoms with Crippen molar-refractivity contribution in [1.29, 1.82) is 0 Å². The Bertz CT molecular complexity index is 3810. The van der Waals surface area contributed by atoms with Crippen LogP contribution in [0.5, 0.6) is 0 Å². The van der Waals surface area contributed by atoms with Gasteiger partial charge in [0.2, 0.25) is 11.1 Å². The molecule has 392 valence electrons. The van der Waals surface area contributed by atoms with Gasteiger partial charge in [-0.3, -0.25) is 9.59 Å². The summed E-state index contributed by atoms with van der Waals surface area (Å²) in [5, 5.41) is 10.1. The minimum Gasteiger partial charge on any atom is -0.399 e. The minimum absolute atomic E-state index is 0. The number of nitrogens with zero attached hydrogens (tertiary/aromatic N) is 4. The van der Waals surface area contributed by atoms with E-state index < -0.39 is 28.7 Å². The summed E-state index contributed by atoms with van der Waals surface area (Å²) >= 11 is 4.71. The molecule has 0 aliphatic heterocycles. The molecule has 10 aromatic rings. The van der Waals surface area contributed by atoms with E-state index in [4.69, 9.17) is 17.3 Å². The lowest BCUT2D eigenvalue weighted by molar-refractivity contribution is -0.138. The van der Waals surface area contributed by atoms with Crippen LogP contribution in [-0.4, -0.2) is 31.1 Å². The maximum atomic E-state index is 13.1. The quantitative estimate of drug-likeness (QED) is 0.0430. The van der Waals surface area contributed by atoms with Gasteiger partial charge in [0.25, 0.3) is 0 Å². The third kappa shape index (κ3) is 14.4. The number of hydrogen-bond donors (Lipinski definition) is 4. The van der Waals surface area contributed by atoms with Crippen LogP contribution in [-0.2, 0) is 21.9 Å². The first-order chi connectivity index (χ1) is 36.9. The molecule has 0 bridgehead atoms. The first kappa shape index (κ1) is 56.1. The summed E-state index contributed by atoms with van der Waals surface area (Å²) in [5.74, 6) is -0.312. The van der Waals surface area contributed by atoms with E-state index in [0.717, 1.165) is 96.7 Å². The number of fused-ring (bicyclic) bond motifs is 2. The number of hydrogen-bond acceptors (Lipinski definition) is 9. The van der Waals surface area contributed by atoms with Gasteiger partial charge in [-0.2, -0.15) is 26.3 Å². The lowest BCUT2D eigenvalue weighted by atomic mass is 9.95. The van der Waals surface area contributed by atoms with Crippen molar-refractivity contribution >= 4 is 78.7 Å². The number of rotatable bonds is 11. The molecule has 0 fully saturated rings. The van der Waals surface area contributed by atoms with Gasteiger partial charge in [-0.15, -0.1) is 0 Å². The van der Waals surface area contributed by atoms with Gasteiger partial charge in [0.1, 0.15) is 12.7 Å². The highest BCUT2D eigenvalue weighted by Crippen LogP contribution is 2.38. The Labute approximate surface area is 450 Å². The Balaban J connectivity index is 0.000000207. The third-order valence-corrected chi connectivity index (χ3v) is 11.7. The first-order valence-corrected chi connectivity index (χ1v) is 23.6. The summed E-state index contributed by atoms with van der Waals surface area (Å²) in [5.41, 5.74) is 16.5. The van der Waals surface area contributed by atoms with Gasteiger partial charge in [0.15, 0.2) is 0 Å². The molecule has 2 aromatic heterocycles. The van der Waals surface area contributed by atoms with Gasteiger partial charge in [-0.05, 0) is 166 Å².